The van der Waals surface area contributed by atoms with Crippen LogP contribution >= 0.6 is 0 Å². The van der Waals surface area contributed by atoms with E-state index in [-0.39, 0.29) is 0 Å². The average Bonchev–Trinajstić information content (AvgIpc) is 2.20. The number of aromatic nitrogens is 2. The van der Waals surface area contributed by atoms with Crippen molar-refractivity contribution in [3.63, 3.8) is 0 Å². The molecule has 84 valence electrons. The number of nitrogen functional groups attached to an aromatic ring is 1. The number of hydrogen-bond donors (Lipinski definition) is 2. The Hall–Kier alpha value is -1.36. The molecule has 0 aromatic carbocycles. The lowest BCUT2D eigenvalue weighted by Crippen LogP contribution is -2.13. The van der Waals surface area contributed by atoms with Crippen molar-refractivity contribution in [1.29, 1.82) is 0 Å². The highest BCUT2D eigenvalue weighted by Crippen LogP contribution is 2.00. The fourth-order valence-electron chi connectivity index (χ4n) is 0.983. The molecular formula is C10H18N4O. The van der Waals surface area contributed by atoms with E-state index in [1.165, 1.54) is 0 Å². The second-order valence-electron chi connectivity index (χ2n) is 3.74. The maximum absolute atomic E-state index is 5.46. The third-order valence-corrected chi connectivity index (χ3v) is 1.65. The predicted molar refractivity (Wildman–Crippen MR) is 60.6 cm³/mol. The second kappa shape index (κ2) is 6.19. The van der Waals surface area contributed by atoms with Gasteiger partial charge in [0.05, 0.1) is 24.7 Å². The van der Waals surface area contributed by atoms with Crippen LogP contribution in [0.15, 0.2) is 12.4 Å². The summed E-state index contributed by atoms with van der Waals surface area (Å²) >= 11 is 0. The van der Waals surface area contributed by atoms with Crippen molar-refractivity contribution in [2.24, 2.45) is 5.92 Å². The number of nitrogens with zero attached hydrogens (tertiary/aromatic N) is 2. The molecule has 0 aliphatic heterocycles. The Kier molecular flexibility index (Phi) is 4.83. The van der Waals surface area contributed by atoms with Gasteiger partial charge in [0.25, 0.3) is 0 Å². The lowest BCUT2D eigenvalue weighted by atomic mass is 10.2. The van der Waals surface area contributed by atoms with Crippen LogP contribution < -0.4 is 11.1 Å². The van der Waals surface area contributed by atoms with E-state index in [9.17, 15) is 0 Å². The van der Waals surface area contributed by atoms with Gasteiger partial charge in [0.15, 0.2) is 0 Å². The molecule has 5 heteroatoms. The quantitative estimate of drug-likeness (QED) is 0.689. The summed E-state index contributed by atoms with van der Waals surface area (Å²) < 4.78 is 5.40. The molecule has 0 radical (unpaired) electrons. The van der Waals surface area contributed by atoms with Crippen LogP contribution in [0.1, 0.15) is 13.8 Å². The first-order chi connectivity index (χ1) is 7.18. The van der Waals surface area contributed by atoms with Crippen LogP contribution in [0, 0.1) is 5.92 Å². The molecule has 0 bridgehead atoms. The molecule has 0 fully saturated rings. The molecule has 1 rings (SSSR count). The Bertz CT molecular complexity index is 273. The first-order valence-electron chi connectivity index (χ1n) is 5.07. The summed E-state index contributed by atoms with van der Waals surface area (Å²) in [7, 11) is 0. The van der Waals surface area contributed by atoms with Crippen molar-refractivity contribution >= 4 is 11.6 Å². The molecule has 0 saturated heterocycles. The van der Waals surface area contributed by atoms with Gasteiger partial charge in [-0.3, -0.25) is 0 Å². The molecule has 0 saturated carbocycles. The van der Waals surface area contributed by atoms with E-state index in [0.29, 0.717) is 30.7 Å². The van der Waals surface area contributed by atoms with E-state index >= 15 is 0 Å². The maximum atomic E-state index is 5.46. The van der Waals surface area contributed by atoms with E-state index in [2.05, 4.69) is 29.1 Å². The minimum absolute atomic E-state index is 0.566. The molecule has 0 amide bonds. The van der Waals surface area contributed by atoms with Crippen LogP contribution in [0.4, 0.5) is 11.6 Å². The van der Waals surface area contributed by atoms with Gasteiger partial charge in [-0.25, -0.2) is 9.97 Å². The molecule has 3 N–H and O–H groups in total. The highest BCUT2D eigenvalue weighted by molar-refractivity contribution is 5.35. The minimum atomic E-state index is 0.566. The topological polar surface area (TPSA) is 73.1 Å². The molecule has 1 heterocycles. The number of ether oxygens (including phenoxy) is 1. The minimum Gasteiger partial charge on any atom is -0.396 e. The van der Waals surface area contributed by atoms with Crippen molar-refractivity contribution < 1.29 is 4.74 Å². The second-order valence-corrected chi connectivity index (χ2v) is 3.74. The molecule has 0 atom stereocenters. The molecule has 5 nitrogen and oxygen atoms in total. The first kappa shape index (κ1) is 11.7. The van der Waals surface area contributed by atoms with Gasteiger partial charge in [0.2, 0.25) is 5.95 Å². The molecular weight excluding hydrogens is 192 g/mol. The van der Waals surface area contributed by atoms with Crippen LogP contribution in [-0.4, -0.2) is 29.7 Å². The predicted octanol–water partition coefficient (Wildman–Crippen LogP) is 1.14. The highest BCUT2D eigenvalue weighted by atomic mass is 16.5. The molecule has 0 aliphatic rings. The summed E-state index contributed by atoms with van der Waals surface area (Å²) in [4.78, 5) is 8.02. The zero-order chi connectivity index (χ0) is 11.1. The third-order valence-electron chi connectivity index (χ3n) is 1.65. The van der Waals surface area contributed by atoms with E-state index < -0.39 is 0 Å². The normalized spacial score (nSPS) is 10.6. The Morgan fingerprint density at radius 2 is 2.07 bits per heavy atom. The molecule has 0 unspecified atom stereocenters. The van der Waals surface area contributed by atoms with Gasteiger partial charge in [-0.2, -0.15) is 0 Å². The summed E-state index contributed by atoms with van der Waals surface area (Å²) in [6.07, 6.45) is 3.15. The number of nitrogens with two attached hydrogens (primary N) is 1. The fraction of sp³-hybridized carbons (Fsp3) is 0.600. The Morgan fingerprint density at radius 1 is 1.40 bits per heavy atom. The van der Waals surface area contributed by atoms with Gasteiger partial charge in [0, 0.05) is 13.2 Å². The van der Waals surface area contributed by atoms with Crippen molar-refractivity contribution in [3.05, 3.63) is 12.4 Å². The number of hydrogen-bond acceptors (Lipinski definition) is 5. The lowest BCUT2D eigenvalue weighted by molar-refractivity contribution is 0.118. The van der Waals surface area contributed by atoms with Gasteiger partial charge >= 0.3 is 0 Å². The Balaban J connectivity index is 2.12. The smallest absolute Gasteiger partial charge is 0.222 e. The number of nitrogens with one attached hydrogen (secondary N) is 1. The largest absolute Gasteiger partial charge is 0.396 e. The fourth-order valence-corrected chi connectivity index (χ4v) is 0.983. The Morgan fingerprint density at radius 3 is 2.67 bits per heavy atom. The van der Waals surface area contributed by atoms with Crippen LogP contribution in [0.5, 0.6) is 0 Å². The average molecular weight is 210 g/mol. The summed E-state index contributed by atoms with van der Waals surface area (Å²) in [5, 5.41) is 3.04. The van der Waals surface area contributed by atoms with Crippen molar-refractivity contribution in [2.75, 3.05) is 30.8 Å². The van der Waals surface area contributed by atoms with Crippen LogP contribution in [0.25, 0.3) is 0 Å². The Labute approximate surface area is 90.1 Å². The summed E-state index contributed by atoms with van der Waals surface area (Å²) in [6, 6.07) is 0. The van der Waals surface area contributed by atoms with Crippen LogP contribution in [-0.2, 0) is 4.74 Å². The zero-order valence-corrected chi connectivity index (χ0v) is 9.23. The van der Waals surface area contributed by atoms with Gasteiger partial charge in [-0.15, -0.1) is 0 Å². The molecule has 15 heavy (non-hydrogen) atoms. The molecule has 1 aromatic heterocycles. The van der Waals surface area contributed by atoms with Crippen molar-refractivity contribution in [3.8, 4) is 0 Å². The molecule has 0 spiro atoms. The maximum Gasteiger partial charge on any atom is 0.222 e. The van der Waals surface area contributed by atoms with Crippen LogP contribution in [0.3, 0.4) is 0 Å². The van der Waals surface area contributed by atoms with Crippen molar-refractivity contribution in [2.45, 2.75) is 13.8 Å². The zero-order valence-electron chi connectivity index (χ0n) is 9.23. The highest BCUT2D eigenvalue weighted by Gasteiger charge is 1.96. The van der Waals surface area contributed by atoms with Gasteiger partial charge in [0.1, 0.15) is 0 Å². The summed E-state index contributed by atoms with van der Waals surface area (Å²) in [6.45, 7) is 6.39. The third kappa shape index (κ3) is 5.17. The molecule has 0 aliphatic carbocycles. The summed E-state index contributed by atoms with van der Waals surface area (Å²) in [5.74, 6) is 1.15. The van der Waals surface area contributed by atoms with E-state index in [1.54, 1.807) is 12.4 Å². The summed E-state index contributed by atoms with van der Waals surface area (Å²) in [5.41, 5.74) is 6.03. The van der Waals surface area contributed by atoms with E-state index in [4.69, 9.17) is 10.5 Å². The monoisotopic (exact) mass is 210 g/mol. The number of anilines is 2. The van der Waals surface area contributed by atoms with Gasteiger partial charge < -0.3 is 15.8 Å². The van der Waals surface area contributed by atoms with Crippen molar-refractivity contribution in [1.82, 2.24) is 9.97 Å². The standard InChI is InChI=1S/C10H18N4O/c1-8(2)7-15-4-3-12-10-13-5-9(11)6-14-10/h5-6,8H,3-4,7,11H2,1-2H3,(H,12,13,14). The van der Waals surface area contributed by atoms with Gasteiger partial charge in [-0.1, -0.05) is 13.8 Å². The number of rotatable bonds is 6. The van der Waals surface area contributed by atoms with E-state index in [1.807, 2.05) is 0 Å². The first-order valence-corrected chi connectivity index (χ1v) is 5.07. The van der Waals surface area contributed by atoms with E-state index in [0.717, 1.165) is 6.61 Å². The SMILES string of the molecule is CC(C)COCCNc1ncc(N)cn1. The molecule has 1 aromatic rings. The van der Waals surface area contributed by atoms with Gasteiger partial charge in [-0.05, 0) is 5.92 Å². The van der Waals surface area contributed by atoms with Crippen LogP contribution in [0.2, 0.25) is 0 Å². The lowest BCUT2D eigenvalue weighted by Gasteiger charge is -2.07.